The Kier molecular flexibility index (Phi) is 4.24. The Labute approximate surface area is 128 Å². The van der Waals surface area contributed by atoms with Crippen LogP contribution in [0.3, 0.4) is 0 Å². The van der Waals surface area contributed by atoms with Gasteiger partial charge < -0.3 is 9.47 Å². The first-order chi connectivity index (χ1) is 9.40. The van der Waals surface area contributed by atoms with Gasteiger partial charge in [-0.25, -0.2) is 0 Å². The van der Waals surface area contributed by atoms with Gasteiger partial charge in [-0.05, 0) is 55.1 Å². The van der Waals surface area contributed by atoms with Crippen LogP contribution in [0.4, 0.5) is 0 Å². The van der Waals surface area contributed by atoms with Crippen LogP contribution in [0.25, 0.3) is 0 Å². The van der Waals surface area contributed by atoms with Crippen molar-refractivity contribution in [2.75, 3.05) is 0 Å². The van der Waals surface area contributed by atoms with Gasteiger partial charge in [0, 0.05) is 23.3 Å². The van der Waals surface area contributed by atoms with Crippen molar-refractivity contribution in [2.45, 2.75) is 58.2 Å². The molecular weight excluding hydrogens is 318 g/mol. The van der Waals surface area contributed by atoms with Crippen LogP contribution in [0.5, 0.6) is 0 Å². The van der Waals surface area contributed by atoms with E-state index in [0.29, 0.717) is 5.69 Å². The van der Waals surface area contributed by atoms with E-state index in [2.05, 4.69) is 28.9 Å². The number of amides is 1. The zero-order valence-corrected chi connectivity index (χ0v) is 13.8. The first-order valence-electron chi connectivity index (χ1n) is 7.01. The minimum atomic E-state index is -0.772. The predicted molar refractivity (Wildman–Crippen MR) is 81.3 cm³/mol. The molecular formula is C15H20BrN3O. The second-order valence-corrected chi connectivity index (χ2v) is 6.73. The van der Waals surface area contributed by atoms with Crippen LogP contribution in [0.2, 0.25) is 0 Å². The Morgan fingerprint density at radius 1 is 1.60 bits per heavy atom. The number of aryl methyl sites for hydroxylation is 1. The smallest absolute Gasteiger partial charge is 0.272 e. The summed E-state index contributed by atoms with van der Waals surface area (Å²) in [6, 6.07) is 4.31. The fourth-order valence-corrected chi connectivity index (χ4v) is 2.93. The molecule has 1 saturated carbocycles. The van der Waals surface area contributed by atoms with E-state index in [0.717, 1.165) is 30.3 Å². The molecule has 1 aliphatic rings. The van der Waals surface area contributed by atoms with E-state index < -0.39 is 5.54 Å². The summed E-state index contributed by atoms with van der Waals surface area (Å²) < 4.78 is 2.87. The van der Waals surface area contributed by atoms with Crippen LogP contribution in [-0.4, -0.2) is 27.0 Å². The lowest BCUT2D eigenvalue weighted by molar-refractivity contribution is 0.0603. The van der Waals surface area contributed by atoms with Gasteiger partial charge in [-0.15, -0.1) is 0 Å². The number of aromatic nitrogens is 1. The highest BCUT2D eigenvalue weighted by Crippen LogP contribution is 2.34. The molecule has 0 N–H and O–H groups in total. The first kappa shape index (κ1) is 15.1. The van der Waals surface area contributed by atoms with Crippen molar-refractivity contribution < 1.29 is 4.79 Å². The molecule has 2 rings (SSSR count). The molecule has 1 aromatic rings. The molecule has 1 amide bonds. The normalized spacial score (nSPS) is 14.9. The van der Waals surface area contributed by atoms with Gasteiger partial charge in [-0.3, -0.25) is 4.79 Å². The minimum Gasteiger partial charge on any atom is -0.342 e. The van der Waals surface area contributed by atoms with Gasteiger partial charge in [0.1, 0.15) is 11.2 Å². The molecule has 5 heteroatoms. The van der Waals surface area contributed by atoms with Gasteiger partial charge >= 0.3 is 0 Å². The summed E-state index contributed by atoms with van der Waals surface area (Å²) in [6.07, 6.45) is 4.88. The number of hydrogen-bond donors (Lipinski definition) is 0. The minimum absolute atomic E-state index is 0.0433. The highest BCUT2D eigenvalue weighted by atomic mass is 79.9. The monoisotopic (exact) mass is 337 g/mol. The van der Waals surface area contributed by atoms with Gasteiger partial charge in [-0.2, -0.15) is 5.26 Å². The number of rotatable bonds is 5. The van der Waals surface area contributed by atoms with E-state index in [4.69, 9.17) is 0 Å². The first-order valence-corrected chi connectivity index (χ1v) is 7.80. The third-order valence-electron chi connectivity index (χ3n) is 3.55. The molecule has 1 heterocycles. The van der Waals surface area contributed by atoms with E-state index in [1.807, 2.05) is 30.7 Å². The maximum absolute atomic E-state index is 12.9. The third-order valence-corrected chi connectivity index (χ3v) is 3.99. The number of hydrogen-bond acceptors (Lipinski definition) is 2. The number of halogens is 1. The van der Waals surface area contributed by atoms with Crippen molar-refractivity contribution in [3.05, 3.63) is 22.4 Å². The maximum atomic E-state index is 12.9. The van der Waals surface area contributed by atoms with Crippen LogP contribution in [0, 0.1) is 11.3 Å². The zero-order valence-electron chi connectivity index (χ0n) is 12.2. The van der Waals surface area contributed by atoms with Gasteiger partial charge in [0.2, 0.25) is 0 Å². The highest BCUT2D eigenvalue weighted by Gasteiger charge is 2.43. The van der Waals surface area contributed by atoms with E-state index >= 15 is 0 Å². The maximum Gasteiger partial charge on any atom is 0.272 e. The molecule has 1 aliphatic carbocycles. The summed E-state index contributed by atoms with van der Waals surface area (Å²) in [4.78, 5) is 14.6. The van der Waals surface area contributed by atoms with Crippen LogP contribution >= 0.6 is 15.9 Å². The van der Waals surface area contributed by atoms with Crippen LogP contribution in [0.1, 0.15) is 50.5 Å². The third kappa shape index (κ3) is 2.90. The van der Waals surface area contributed by atoms with Gasteiger partial charge in [0.25, 0.3) is 5.91 Å². The molecule has 20 heavy (non-hydrogen) atoms. The SMILES string of the molecule is CCCn1cc(Br)cc1C(=O)N(C1CC1)C(C)(C)C#N. The average Bonchev–Trinajstić information content (AvgIpc) is 3.13. The molecule has 0 aliphatic heterocycles. The Morgan fingerprint density at radius 2 is 2.25 bits per heavy atom. The largest absolute Gasteiger partial charge is 0.342 e. The second kappa shape index (κ2) is 5.61. The van der Waals surface area contributed by atoms with Gasteiger partial charge in [0.05, 0.1) is 6.07 Å². The Morgan fingerprint density at radius 3 is 2.75 bits per heavy atom. The van der Waals surface area contributed by atoms with Crippen LogP contribution < -0.4 is 0 Å². The molecule has 1 aromatic heterocycles. The summed E-state index contributed by atoms with van der Waals surface area (Å²) in [7, 11) is 0. The van der Waals surface area contributed by atoms with Crippen molar-refractivity contribution in [3.8, 4) is 6.07 Å². The quantitative estimate of drug-likeness (QED) is 0.824. The van der Waals surface area contributed by atoms with Crippen molar-refractivity contribution in [1.82, 2.24) is 9.47 Å². The summed E-state index contributed by atoms with van der Waals surface area (Å²) in [5.41, 5.74) is -0.111. The Balaban J connectivity index is 2.36. The lowest BCUT2D eigenvalue weighted by atomic mass is 10.0. The fraction of sp³-hybridized carbons (Fsp3) is 0.600. The van der Waals surface area contributed by atoms with Crippen LogP contribution in [0.15, 0.2) is 16.7 Å². The fourth-order valence-electron chi connectivity index (χ4n) is 2.47. The van der Waals surface area contributed by atoms with E-state index in [-0.39, 0.29) is 11.9 Å². The molecule has 0 unspecified atom stereocenters. The van der Waals surface area contributed by atoms with Crippen LogP contribution in [-0.2, 0) is 6.54 Å². The average molecular weight is 338 g/mol. The van der Waals surface area contributed by atoms with E-state index in [9.17, 15) is 10.1 Å². The Bertz CT molecular complexity index is 552. The topological polar surface area (TPSA) is 49.0 Å². The molecule has 4 nitrogen and oxygen atoms in total. The van der Waals surface area contributed by atoms with E-state index in [1.54, 1.807) is 4.90 Å². The molecule has 108 valence electrons. The highest BCUT2D eigenvalue weighted by molar-refractivity contribution is 9.10. The molecule has 0 spiro atoms. The molecule has 0 bridgehead atoms. The number of carbonyl (C=O) groups excluding carboxylic acids is 1. The number of nitriles is 1. The summed E-state index contributed by atoms with van der Waals surface area (Å²) in [5.74, 6) is -0.0433. The van der Waals surface area contributed by atoms with Crippen molar-refractivity contribution in [3.63, 3.8) is 0 Å². The lowest BCUT2D eigenvalue weighted by Gasteiger charge is -2.33. The summed E-state index contributed by atoms with van der Waals surface area (Å²) in [5, 5.41) is 9.35. The van der Waals surface area contributed by atoms with Crippen molar-refractivity contribution >= 4 is 21.8 Å². The van der Waals surface area contributed by atoms with Crippen molar-refractivity contribution in [2.24, 2.45) is 0 Å². The van der Waals surface area contributed by atoms with E-state index in [1.165, 1.54) is 0 Å². The lowest BCUT2D eigenvalue weighted by Crippen LogP contribution is -2.48. The van der Waals surface area contributed by atoms with Gasteiger partial charge in [0.15, 0.2) is 0 Å². The summed E-state index contributed by atoms with van der Waals surface area (Å²) in [6.45, 7) is 6.51. The predicted octanol–water partition coefficient (Wildman–Crippen LogP) is 3.57. The Hall–Kier alpha value is -1.28. The molecule has 0 radical (unpaired) electrons. The number of carbonyl (C=O) groups is 1. The molecule has 0 saturated heterocycles. The molecule has 0 aromatic carbocycles. The zero-order chi connectivity index (χ0) is 14.9. The van der Waals surface area contributed by atoms with Gasteiger partial charge in [-0.1, -0.05) is 6.92 Å². The molecule has 1 fully saturated rings. The second-order valence-electron chi connectivity index (χ2n) is 5.81. The number of nitrogens with zero attached hydrogens (tertiary/aromatic N) is 3. The summed E-state index contributed by atoms with van der Waals surface area (Å²) >= 11 is 3.43. The van der Waals surface area contributed by atoms with Crippen molar-refractivity contribution in [1.29, 1.82) is 5.26 Å². The molecule has 0 atom stereocenters. The standard InChI is InChI=1S/C15H20BrN3O/c1-4-7-18-9-11(16)8-13(18)14(20)19(12-5-6-12)15(2,3)10-17/h8-9,12H,4-7H2,1-3H3.